The summed E-state index contributed by atoms with van der Waals surface area (Å²) in [4.78, 5) is 4.03. The third-order valence-electron chi connectivity index (χ3n) is 3.20. The van der Waals surface area contributed by atoms with E-state index in [9.17, 15) is 0 Å². The van der Waals surface area contributed by atoms with Crippen molar-refractivity contribution in [3.63, 3.8) is 0 Å². The van der Waals surface area contributed by atoms with Crippen molar-refractivity contribution in [1.29, 1.82) is 0 Å². The summed E-state index contributed by atoms with van der Waals surface area (Å²) in [5.74, 6) is 0. The first kappa shape index (κ1) is 11.0. The van der Waals surface area contributed by atoms with Gasteiger partial charge >= 0.3 is 0 Å². The van der Waals surface area contributed by atoms with Crippen LogP contribution in [0.15, 0.2) is 48.9 Å². The minimum Gasteiger partial charge on any atom is -0.265 e. The molecule has 3 aromatic rings. The Bertz CT molecular complexity index is 656. The smallest absolute Gasteiger partial charge is 0.0686 e. The molecule has 2 aromatic heterocycles. The Morgan fingerprint density at radius 1 is 1.06 bits per heavy atom. The summed E-state index contributed by atoms with van der Waals surface area (Å²) in [5.41, 5.74) is 3.75. The van der Waals surface area contributed by atoms with E-state index in [0.717, 1.165) is 13.0 Å². The molecule has 0 amide bonds. The van der Waals surface area contributed by atoms with Crippen molar-refractivity contribution in [2.75, 3.05) is 0 Å². The van der Waals surface area contributed by atoms with Gasteiger partial charge in [0, 0.05) is 17.8 Å². The van der Waals surface area contributed by atoms with Crippen LogP contribution in [0.2, 0.25) is 0 Å². The van der Waals surface area contributed by atoms with Gasteiger partial charge in [0.15, 0.2) is 0 Å². The van der Waals surface area contributed by atoms with Gasteiger partial charge in [0.05, 0.1) is 18.3 Å². The predicted octanol–water partition coefficient (Wildman–Crippen LogP) is 3.04. The van der Waals surface area contributed by atoms with Gasteiger partial charge in [0.2, 0.25) is 0 Å². The lowest BCUT2D eigenvalue weighted by atomic mass is 10.1. The van der Waals surface area contributed by atoms with E-state index in [-0.39, 0.29) is 0 Å². The predicted molar refractivity (Wildman–Crippen MR) is 72.5 cm³/mol. The molecule has 0 aliphatic carbocycles. The summed E-state index contributed by atoms with van der Waals surface area (Å²) in [6, 6.07) is 10.6. The Kier molecular flexibility index (Phi) is 2.81. The average molecular weight is 237 g/mol. The van der Waals surface area contributed by atoms with Crippen molar-refractivity contribution in [3.05, 3.63) is 60.0 Å². The molecular weight excluding hydrogens is 222 g/mol. The van der Waals surface area contributed by atoms with Crippen LogP contribution in [0.3, 0.4) is 0 Å². The number of hydrogen-bond acceptors (Lipinski definition) is 2. The van der Waals surface area contributed by atoms with E-state index in [0.29, 0.717) is 0 Å². The lowest BCUT2D eigenvalue weighted by Gasteiger charge is -2.04. The number of aryl methyl sites for hydroxylation is 1. The molecule has 0 unspecified atom stereocenters. The Morgan fingerprint density at radius 3 is 2.67 bits per heavy atom. The standard InChI is InChI=1S/C15H15N3/c1-2-12-3-4-15-14(9-12)10-17-18(15)11-13-5-7-16-8-6-13/h3-10H,2,11H2,1H3. The van der Waals surface area contributed by atoms with Crippen LogP contribution in [0.25, 0.3) is 10.9 Å². The molecule has 0 bridgehead atoms. The molecule has 0 saturated carbocycles. The molecule has 2 heterocycles. The van der Waals surface area contributed by atoms with E-state index >= 15 is 0 Å². The highest BCUT2D eigenvalue weighted by molar-refractivity contribution is 5.79. The number of nitrogens with zero attached hydrogens (tertiary/aromatic N) is 3. The van der Waals surface area contributed by atoms with Crippen LogP contribution in [0, 0.1) is 0 Å². The highest BCUT2D eigenvalue weighted by atomic mass is 15.3. The van der Waals surface area contributed by atoms with E-state index in [1.165, 1.54) is 22.0 Å². The van der Waals surface area contributed by atoms with Crippen LogP contribution in [0.5, 0.6) is 0 Å². The van der Waals surface area contributed by atoms with Crippen molar-refractivity contribution in [2.24, 2.45) is 0 Å². The maximum atomic E-state index is 4.46. The van der Waals surface area contributed by atoms with Gasteiger partial charge in [0.25, 0.3) is 0 Å². The van der Waals surface area contributed by atoms with Gasteiger partial charge in [-0.1, -0.05) is 13.0 Å². The Labute approximate surface area is 106 Å². The Hall–Kier alpha value is -2.16. The van der Waals surface area contributed by atoms with E-state index in [2.05, 4.69) is 35.2 Å². The first-order valence-corrected chi connectivity index (χ1v) is 6.20. The van der Waals surface area contributed by atoms with Crippen LogP contribution < -0.4 is 0 Å². The van der Waals surface area contributed by atoms with Gasteiger partial charge in [-0.3, -0.25) is 9.67 Å². The van der Waals surface area contributed by atoms with Crippen molar-refractivity contribution < 1.29 is 0 Å². The summed E-state index contributed by atoms with van der Waals surface area (Å²) < 4.78 is 2.03. The number of hydrogen-bond donors (Lipinski definition) is 0. The molecule has 18 heavy (non-hydrogen) atoms. The maximum Gasteiger partial charge on any atom is 0.0686 e. The molecule has 90 valence electrons. The fourth-order valence-corrected chi connectivity index (χ4v) is 2.14. The molecule has 0 aliphatic rings. The first-order valence-electron chi connectivity index (χ1n) is 6.20. The Morgan fingerprint density at radius 2 is 1.89 bits per heavy atom. The number of aromatic nitrogens is 3. The molecule has 0 atom stereocenters. The molecule has 3 nitrogen and oxygen atoms in total. The van der Waals surface area contributed by atoms with Crippen LogP contribution in [-0.4, -0.2) is 14.8 Å². The zero-order valence-corrected chi connectivity index (χ0v) is 10.4. The lowest BCUT2D eigenvalue weighted by molar-refractivity contribution is 0.711. The maximum absolute atomic E-state index is 4.46. The van der Waals surface area contributed by atoms with Gasteiger partial charge in [-0.2, -0.15) is 5.10 Å². The van der Waals surface area contributed by atoms with E-state index < -0.39 is 0 Å². The van der Waals surface area contributed by atoms with Gasteiger partial charge in [-0.05, 0) is 41.8 Å². The Balaban J connectivity index is 1.98. The third-order valence-corrected chi connectivity index (χ3v) is 3.20. The molecule has 0 spiro atoms. The largest absolute Gasteiger partial charge is 0.265 e. The normalized spacial score (nSPS) is 10.9. The van der Waals surface area contributed by atoms with Gasteiger partial charge in [-0.25, -0.2) is 0 Å². The summed E-state index contributed by atoms with van der Waals surface area (Å²) in [5, 5.41) is 5.67. The summed E-state index contributed by atoms with van der Waals surface area (Å²) >= 11 is 0. The third kappa shape index (κ3) is 1.99. The second kappa shape index (κ2) is 4.61. The minimum absolute atomic E-state index is 0.789. The molecular formula is C15H15N3. The zero-order chi connectivity index (χ0) is 12.4. The van der Waals surface area contributed by atoms with Gasteiger partial charge in [0.1, 0.15) is 0 Å². The molecule has 3 rings (SSSR count). The van der Waals surface area contributed by atoms with Gasteiger partial charge < -0.3 is 0 Å². The molecule has 0 N–H and O–H groups in total. The van der Waals surface area contributed by atoms with E-state index in [1.54, 1.807) is 0 Å². The fraction of sp³-hybridized carbons (Fsp3) is 0.200. The number of fused-ring (bicyclic) bond motifs is 1. The summed E-state index contributed by atoms with van der Waals surface area (Å²) in [6.07, 6.45) is 6.63. The molecule has 0 aliphatic heterocycles. The molecule has 0 radical (unpaired) electrons. The molecule has 0 fully saturated rings. The minimum atomic E-state index is 0.789. The van der Waals surface area contributed by atoms with Gasteiger partial charge in [-0.15, -0.1) is 0 Å². The second-order valence-corrected chi connectivity index (χ2v) is 4.40. The van der Waals surface area contributed by atoms with Crippen molar-refractivity contribution in [3.8, 4) is 0 Å². The second-order valence-electron chi connectivity index (χ2n) is 4.40. The average Bonchev–Trinajstić information content (AvgIpc) is 2.82. The number of benzene rings is 1. The zero-order valence-electron chi connectivity index (χ0n) is 10.4. The monoisotopic (exact) mass is 237 g/mol. The fourth-order valence-electron chi connectivity index (χ4n) is 2.14. The van der Waals surface area contributed by atoms with Crippen molar-refractivity contribution >= 4 is 10.9 Å². The van der Waals surface area contributed by atoms with E-state index in [1.807, 2.05) is 35.4 Å². The molecule has 0 saturated heterocycles. The molecule has 3 heteroatoms. The SMILES string of the molecule is CCc1ccc2c(cnn2Cc2ccncc2)c1. The van der Waals surface area contributed by atoms with Crippen molar-refractivity contribution in [1.82, 2.24) is 14.8 Å². The van der Waals surface area contributed by atoms with Crippen molar-refractivity contribution in [2.45, 2.75) is 19.9 Å². The molecule has 1 aromatic carbocycles. The number of rotatable bonds is 3. The topological polar surface area (TPSA) is 30.7 Å². The van der Waals surface area contributed by atoms with Crippen LogP contribution >= 0.6 is 0 Å². The van der Waals surface area contributed by atoms with Crippen LogP contribution in [0.4, 0.5) is 0 Å². The lowest BCUT2D eigenvalue weighted by Crippen LogP contribution is -2.01. The highest BCUT2D eigenvalue weighted by Gasteiger charge is 2.03. The number of pyridine rings is 1. The van der Waals surface area contributed by atoms with Crippen LogP contribution in [-0.2, 0) is 13.0 Å². The van der Waals surface area contributed by atoms with Crippen LogP contribution in [0.1, 0.15) is 18.1 Å². The summed E-state index contributed by atoms with van der Waals surface area (Å²) in [6.45, 7) is 2.96. The summed E-state index contributed by atoms with van der Waals surface area (Å²) in [7, 11) is 0. The van der Waals surface area contributed by atoms with E-state index in [4.69, 9.17) is 0 Å². The highest BCUT2D eigenvalue weighted by Crippen LogP contribution is 2.17. The quantitative estimate of drug-likeness (QED) is 0.701. The first-order chi connectivity index (χ1) is 8.86.